The summed E-state index contributed by atoms with van der Waals surface area (Å²) in [7, 11) is 0. The molecule has 0 saturated carbocycles. The van der Waals surface area contributed by atoms with E-state index < -0.39 is 6.36 Å². The number of ether oxygens (including phenoxy) is 1. The number of aryl methyl sites for hydroxylation is 1. The van der Waals surface area contributed by atoms with Crippen LogP contribution in [0.25, 0.3) is 4.96 Å². The van der Waals surface area contributed by atoms with E-state index in [1.54, 1.807) is 23.5 Å². The average molecular weight is 528 g/mol. The molecule has 2 aliphatic rings. The van der Waals surface area contributed by atoms with Gasteiger partial charge >= 0.3 is 6.36 Å². The smallest absolute Gasteiger partial charge is 0.406 e. The van der Waals surface area contributed by atoms with Gasteiger partial charge in [-0.2, -0.15) is 0 Å². The lowest BCUT2D eigenvalue weighted by molar-refractivity contribution is -0.274. The second kappa shape index (κ2) is 8.98. The van der Waals surface area contributed by atoms with Crippen molar-refractivity contribution in [2.45, 2.75) is 25.7 Å². The summed E-state index contributed by atoms with van der Waals surface area (Å²) in [6.07, 6.45) is -2.08. The van der Waals surface area contributed by atoms with Gasteiger partial charge < -0.3 is 19.9 Å². The van der Waals surface area contributed by atoms with Crippen LogP contribution in [0.1, 0.15) is 32.7 Å². The van der Waals surface area contributed by atoms with Gasteiger partial charge in [0, 0.05) is 55.0 Å². The van der Waals surface area contributed by atoms with E-state index in [9.17, 15) is 18.0 Å². The van der Waals surface area contributed by atoms with Crippen molar-refractivity contribution in [3.05, 3.63) is 76.6 Å². The zero-order valence-electron chi connectivity index (χ0n) is 20.0. The van der Waals surface area contributed by atoms with E-state index in [0.29, 0.717) is 12.1 Å². The molecule has 1 fully saturated rings. The predicted molar refractivity (Wildman–Crippen MR) is 136 cm³/mol. The van der Waals surface area contributed by atoms with E-state index in [-0.39, 0.29) is 17.7 Å². The summed E-state index contributed by atoms with van der Waals surface area (Å²) >= 11 is 1.58. The van der Waals surface area contributed by atoms with Crippen LogP contribution in [0, 0.1) is 6.92 Å². The van der Waals surface area contributed by atoms with Crippen LogP contribution in [0.5, 0.6) is 5.75 Å². The van der Waals surface area contributed by atoms with Crippen LogP contribution in [-0.2, 0) is 6.42 Å². The first-order chi connectivity index (χ1) is 17.7. The van der Waals surface area contributed by atoms with Crippen molar-refractivity contribution >= 4 is 33.6 Å². The first kappa shape index (κ1) is 23.7. The topological polar surface area (TPSA) is 62.1 Å². The van der Waals surface area contributed by atoms with Crippen molar-refractivity contribution in [1.29, 1.82) is 0 Å². The molecule has 2 aliphatic heterocycles. The molecule has 1 unspecified atom stereocenters. The molecule has 0 radical (unpaired) electrons. The van der Waals surface area contributed by atoms with E-state index in [0.717, 1.165) is 58.6 Å². The van der Waals surface area contributed by atoms with Crippen LogP contribution in [0.4, 0.5) is 24.5 Å². The number of hydrogen-bond donors (Lipinski definition) is 1. The molecule has 0 spiro atoms. The fraction of sp³-hybridized carbons (Fsp3) is 0.308. The molecular formula is C26H24F3N5O2S. The number of rotatable bonds is 4. The number of carbonyl (C=O) groups is 1. The molecule has 1 N–H and O–H groups in total. The van der Waals surface area contributed by atoms with Gasteiger partial charge in [0.05, 0.1) is 11.7 Å². The molecule has 1 atom stereocenters. The number of imidazole rings is 1. The lowest BCUT2D eigenvalue weighted by Gasteiger charge is -2.37. The molecule has 7 nitrogen and oxygen atoms in total. The Hall–Kier alpha value is -3.73. The lowest BCUT2D eigenvalue weighted by Crippen LogP contribution is -2.46. The van der Waals surface area contributed by atoms with E-state index in [1.807, 2.05) is 17.5 Å². The average Bonchev–Trinajstić information content (AvgIpc) is 3.39. The largest absolute Gasteiger partial charge is 0.573 e. The number of fused-ring (bicyclic) bond motifs is 3. The van der Waals surface area contributed by atoms with E-state index in [2.05, 4.69) is 44.1 Å². The second-order valence-electron chi connectivity index (χ2n) is 9.24. The van der Waals surface area contributed by atoms with Gasteiger partial charge in [-0.15, -0.1) is 24.5 Å². The molecule has 0 aliphatic carbocycles. The van der Waals surface area contributed by atoms with Gasteiger partial charge in [0.1, 0.15) is 11.4 Å². The first-order valence-electron chi connectivity index (χ1n) is 12.0. The fourth-order valence-electron chi connectivity index (χ4n) is 5.05. The summed E-state index contributed by atoms with van der Waals surface area (Å²) in [5.74, 6) is -0.321. The third kappa shape index (κ3) is 4.71. The molecule has 1 amide bonds. The van der Waals surface area contributed by atoms with Gasteiger partial charge in [0.2, 0.25) is 0 Å². The maximum Gasteiger partial charge on any atom is 0.573 e. The van der Waals surface area contributed by atoms with Gasteiger partial charge in [-0.3, -0.25) is 9.20 Å². The highest BCUT2D eigenvalue weighted by Gasteiger charge is 2.32. The van der Waals surface area contributed by atoms with Crippen molar-refractivity contribution in [2.75, 3.05) is 36.0 Å². The normalized spacial score (nSPS) is 18.2. The highest BCUT2D eigenvalue weighted by atomic mass is 32.1. The number of piperazine rings is 1. The van der Waals surface area contributed by atoms with Crippen molar-refractivity contribution in [1.82, 2.24) is 14.7 Å². The molecule has 11 heteroatoms. The molecular weight excluding hydrogens is 503 g/mol. The molecule has 6 rings (SSSR count). The van der Waals surface area contributed by atoms with Crippen LogP contribution < -0.4 is 19.9 Å². The number of nitrogens with zero attached hydrogens (tertiary/aromatic N) is 4. The summed E-state index contributed by atoms with van der Waals surface area (Å²) in [4.78, 5) is 23.9. The van der Waals surface area contributed by atoms with Crippen LogP contribution in [-0.4, -0.2) is 47.8 Å². The molecule has 2 aromatic carbocycles. The number of hydrogen-bond acceptors (Lipinski definition) is 6. The van der Waals surface area contributed by atoms with Crippen LogP contribution in [0.15, 0.2) is 54.7 Å². The second-order valence-corrected chi connectivity index (χ2v) is 10.5. The Kier molecular flexibility index (Phi) is 5.74. The summed E-state index contributed by atoms with van der Waals surface area (Å²) in [6.45, 7) is 5.08. The van der Waals surface area contributed by atoms with Crippen LogP contribution in [0.2, 0.25) is 0 Å². The molecule has 0 bridgehead atoms. The maximum absolute atomic E-state index is 12.9. The Labute approximate surface area is 215 Å². The Morgan fingerprint density at radius 1 is 0.973 bits per heavy atom. The van der Waals surface area contributed by atoms with Crippen molar-refractivity contribution in [3.8, 4) is 5.75 Å². The number of nitrogens with one attached hydrogen (secondary N) is 1. The van der Waals surface area contributed by atoms with Crippen LogP contribution in [0.3, 0.4) is 0 Å². The van der Waals surface area contributed by atoms with E-state index >= 15 is 0 Å². The van der Waals surface area contributed by atoms with Gasteiger partial charge in [-0.1, -0.05) is 12.1 Å². The predicted octanol–water partition coefficient (Wildman–Crippen LogP) is 4.96. The number of anilines is 2. The molecule has 37 heavy (non-hydrogen) atoms. The molecule has 1 saturated heterocycles. The number of aromatic nitrogens is 2. The Morgan fingerprint density at radius 2 is 1.57 bits per heavy atom. The number of halogens is 3. The number of thiazole rings is 1. The van der Waals surface area contributed by atoms with Crippen LogP contribution >= 0.6 is 11.3 Å². The summed E-state index contributed by atoms with van der Waals surface area (Å²) < 4.78 is 43.0. The van der Waals surface area contributed by atoms with E-state index in [4.69, 9.17) is 4.98 Å². The third-order valence-corrected chi connectivity index (χ3v) is 7.71. The summed E-state index contributed by atoms with van der Waals surface area (Å²) in [5, 5.41) is 3.13. The number of amides is 1. The Balaban J connectivity index is 1.08. The maximum atomic E-state index is 12.9. The zero-order chi connectivity index (χ0) is 25.7. The number of carbonyl (C=O) groups excluding carboxylic acids is 1. The lowest BCUT2D eigenvalue weighted by atomic mass is 9.97. The minimum Gasteiger partial charge on any atom is -0.406 e. The molecule has 2 aromatic heterocycles. The number of alkyl halides is 3. The van der Waals surface area contributed by atoms with Crippen molar-refractivity contribution in [2.24, 2.45) is 0 Å². The first-order valence-corrected chi connectivity index (χ1v) is 12.8. The molecule has 4 heterocycles. The minimum absolute atomic E-state index is 0.102. The van der Waals surface area contributed by atoms with Gasteiger partial charge in [-0.05, 0) is 48.9 Å². The Morgan fingerprint density at radius 3 is 2.16 bits per heavy atom. The SMILES string of the molecule is Cc1cn2c3c(nc2s1)CC(c1ccc(N2CCN(c4ccc(OC(F)(F)F)cc4)CC2)cc1)NC3=O. The Bertz CT molecular complexity index is 1440. The van der Waals surface area contributed by atoms with Crippen molar-refractivity contribution in [3.63, 3.8) is 0 Å². The van der Waals surface area contributed by atoms with Gasteiger partial charge in [0.25, 0.3) is 5.91 Å². The number of benzene rings is 2. The fourth-order valence-corrected chi connectivity index (χ4v) is 5.90. The van der Waals surface area contributed by atoms with Gasteiger partial charge in [-0.25, -0.2) is 4.98 Å². The highest BCUT2D eigenvalue weighted by Crippen LogP contribution is 2.31. The minimum atomic E-state index is -4.69. The monoisotopic (exact) mass is 527 g/mol. The quantitative estimate of drug-likeness (QED) is 0.407. The standard InChI is InChI=1S/C26H24F3N5O2S/c1-16-15-34-23-22(31-25(34)37-16)14-21(30-24(23)35)17-2-4-18(5-3-17)32-10-12-33(13-11-32)19-6-8-20(9-7-19)36-26(27,28)29/h2-9,15,21H,10-14H2,1H3,(H,30,35). The summed E-state index contributed by atoms with van der Waals surface area (Å²) in [5.41, 5.74) is 4.46. The van der Waals surface area contributed by atoms with E-state index in [1.165, 1.54) is 12.1 Å². The summed E-state index contributed by atoms with van der Waals surface area (Å²) in [6, 6.07) is 14.1. The van der Waals surface area contributed by atoms with Gasteiger partial charge in [0.15, 0.2) is 4.96 Å². The molecule has 4 aromatic rings. The third-order valence-electron chi connectivity index (χ3n) is 6.81. The van der Waals surface area contributed by atoms with Crippen molar-refractivity contribution < 1.29 is 22.7 Å². The zero-order valence-corrected chi connectivity index (χ0v) is 20.8. The highest BCUT2D eigenvalue weighted by molar-refractivity contribution is 7.17. The molecule has 192 valence electrons.